The maximum Gasteiger partial charge on any atom is 0.191 e. The number of guanidine groups is 1. The second-order valence-electron chi connectivity index (χ2n) is 5.77. The molecule has 0 atom stereocenters. The van der Waals surface area contributed by atoms with Gasteiger partial charge < -0.3 is 20.4 Å². The minimum absolute atomic E-state index is 0.639. The van der Waals surface area contributed by atoms with Gasteiger partial charge in [0.15, 0.2) is 5.96 Å². The van der Waals surface area contributed by atoms with Gasteiger partial charge in [-0.25, -0.2) is 0 Å². The zero-order chi connectivity index (χ0) is 14.1. The predicted molar refractivity (Wildman–Crippen MR) is 82.8 cm³/mol. The van der Waals surface area contributed by atoms with E-state index in [1.165, 1.54) is 32.6 Å². The summed E-state index contributed by atoms with van der Waals surface area (Å²) >= 11 is 0. The fourth-order valence-electron chi connectivity index (χ4n) is 2.18. The monoisotopic (exact) mass is 269 g/mol. The van der Waals surface area contributed by atoms with Gasteiger partial charge in [0, 0.05) is 39.8 Å². The SMILES string of the molecule is CN=C(NCCN1CCCN(C)CC1)NCC(C)C. The Morgan fingerprint density at radius 1 is 1.16 bits per heavy atom. The highest BCUT2D eigenvalue weighted by Crippen LogP contribution is 1.99. The van der Waals surface area contributed by atoms with Crippen molar-refractivity contribution in [1.29, 1.82) is 0 Å². The minimum atomic E-state index is 0.639. The molecule has 0 aromatic heterocycles. The largest absolute Gasteiger partial charge is 0.356 e. The highest BCUT2D eigenvalue weighted by atomic mass is 15.2. The van der Waals surface area contributed by atoms with E-state index in [-0.39, 0.29) is 0 Å². The molecule has 1 saturated heterocycles. The summed E-state index contributed by atoms with van der Waals surface area (Å²) in [6, 6.07) is 0. The van der Waals surface area contributed by atoms with Crippen LogP contribution in [0.3, 0.4) is 0 Å². The average Bonchev–Trinajstić information content (AvgIpc) is 2.58. The van der Waals surface area contributed by atoms with E-state index in [1.807, 2.05) is 7.05 Å². The maximum atomic E-state index is 4.24. The van der Waals surface area contributed by atoms with E-state index in [9.17, 15) is 0 Å². The number of nitrogens with one attached hydrogen (secondary N) is 2. The number of likely N-dealkylation sites (N-methyl/N-ethyl adjacent to an activating group) is 1. The molecule has 0 amide bonds. The Labute approximate surface area is 118 Å². The molecular formula is C14H31N5. The van der Waals surface area contributed by atoms with Gasteiger partial charge in [0.25, 0.3) is 0 Å². The number of nitrogens with zero attached hydrogens (tertiary/aromatic N) is 3. The Balaban J connectivity index is 2.17. The quantitative estimate of drug-likeness (QED) is 0.562. The second kappa shape index (κ2) is 9.15. The average molecular weight is 269 g/mol. The van der Waals surface area contributed by atoms with Crippen LogP contribution in [-0.2, 0) is 0 Å². The second-order valence-corrected chi connectivity index (χ2v) is 5.77. The molecule has 2 N–H and O–H groups in total. The van der Waals surface area contributed by atoms with Crippen LogP contribution in [0.15, 0.2) is 4.99 Å². The first-order chi connectivity index (χ1) is 9.11. The standard InChI is InChI=1S/C14H31N5/c1-13(2)12-17-14(15-3)16-6-9-19-8-5-7-18(4)10-11-19/h13H,5-12H2,1-4H3,(H2,15,16,17). The van der Waals surface area contributed by atoms with Crippen molar-refractivity contribution in [1.82, 2.24) is 20.4 Å². The minimum Gasteiger partial charge on any atom is -0.356 e. The molecule has 0 aromatic rings. The van der Waals surface area contributed by atoms with Crippen molar-refractivity contribution in [3.05, 3.63) is 0 Å². The first-order valence-corrected chi connectivity index (χ1v) is 7.47. The predicted octanol–water partition coefficient (Wildman–Crippen LogP) is 0.445. The van der Waals surface area contributed by atoms with Gasteiger partial charge in [-0.1, -0.05) is 13.8 Å². The van der Waals surface area contributed by atoms with Crippen molar-refractivity contribution in [3.8, 4) is 0 Å². The van der Waals surface area contributed by atoms with Gasteiger partial charge in [-0.3, -0.25) is 4.99 Å². The summed E-state index contributed by atoms with van der Waals surface area (Å²) in [6.07, 6.45) is 1.27. The zero-order valence-corrected chi connectivity index (χ0v) is 13.1. The zero-order valence-electron chi connectivity index (χ0n) is 13.1. The van der Waals surface area contributed by atoms with E-state index < -0.39 is 0 Å². The number of hydrogen-bond donors (Lipinski definition) is 2. The van der Waals surface area contributed by atoms with Gasteiger partial charge in [-0.2, -0.15) is 0 Å². The summed E-state index contributed by atoms with van der Waals surface area (Å²) in [5, 5.41) is 6.73. The lowest BCUT2D eigenvalue weighted by atomic mass is 10.2. The molecule has 0 aromatic carbocycles. The van der Waals surface area contributed by atoms with Gasteiger partial charge >= 0.3 is 0 Å². The molecule has 19 heavy (non-hydrogen) atoms. The number of hydrogen-bond acceptors (Lipinski definition) is 3. The molecule has 1 aliphatic heterocycles. The lowest BCUT2D eigenvalue weighted by Crippen LogP contribution is -2.43. The molecule has 1 fully saturated rings. The Morgan fingerprint density at radius 2 is 1.95 bits per heavy atom. The van der Waals surface area contributed by atoms with Crippen LogP contribution in [0, 0.1) is 5.92 Å². The molecule has 0 spiro atoms. The summed E-state index contributed by atoms with van der Waals surface area (Å²) in [4.78, 5) is 9.19. The van der Waals surface area contributed by atoms with E-state index in [2.05, 4.69) is 46.3 Å². The van der Waals surface area contributed by atoms with Crippen molar-refractivity contribution in [2.75, 3.05) is 59.9 Å². The third kappa shape index (κ3) is 7.38. The van der Waals surface area contributed by atoms with Crippen molar-refractivity contribution in [3.63, 3.8) is 0 Å². The van der Waals surface area contributed by atoms with Crippen LogP contribution in [0.25, 0.3) is 0 Å². The van der Waals surface area contributed by atoms with Gasteiger partial charge in [0.05, 0.1) is 0 Å². The first-order valence-electron chi connectivity index (χ1n) is 7.47. The normalized spacial score (nSPS) is 19.5. The van der Waals surface area contributed by atoms with Crippen LogP contribution in [0.2, 0.25) is 0 Å². The van der Waals surface area contributed by atoms with Crippen molar-refractivity contribution in [2.45, 2.75) is 20.3 Å². The van der Waals surface area contributed by atoms with E-state index >= 15 is 0 Å². The topological polar surface area (TPSA) is 42.9 Å². The number of aliphatic imine (C=N–C) groups is 1. The van der Waals surface area contributed by atoms with E-state index in [4.69, 9.17) is 0 Å². The molecule has 112 valence electrons. The molecule has 1 aliphatic rings. The summed E-state index contributed by atoms with van der Waals surface area (Å²) in [5.74, 6) is 1.56. The van der Waals surface area contributed by atoms with E-state index in [0.717, 1.165) is 25.6 Å². The van der Waals surface area contributed by atoms with Crippen molar-refractivity contribution >= 4 is 5.96 Å². The van der Waals surface area contributed by atoms with Crippen LogP contribution < -0.4 is 10.6 Å². The van der Waals surface area contributed by atoms with Crippen LogP contribution in [0.5, 0.6) is 0 Å². The summed E-state index contributed by atoms with van der Waals surface area (Å²) in [5.41, 5.74) is 0. The van der Waals surface area contributed by atoms with E-state index in [1.54, 1.807) is 0 Å². The summed E-state index contributed by atoms with van der Waals surface area (Å²) in [6.45, 7) is 12.2. The fraction of sp³-hybridized carbons (Fsp3) is 0.929. The van der Waals surface area contributed by atoms with Crippen LogP contribution >= 0.6 is 0 Å². The molecule has 5 nitrogen and oxygen atoms in total. The number of rotatable bonds is 5. The summed E-state index contributed by atoms with van der Waals surface area (Å²) in [7, 11) is 4.04. The third-order valence-corrected chi connectivity index (χ3v) is 3.43. The lowest BCUT2D eigenvalue weighted by molar-refractivity contribution is 0.280. The van der Waals surface area contributed by atoms with Crippen LogP contribution in [0.1, 0.15) is 20.3 Å². The smallest absolute Gasteiger partial charge is 0.191 e. The molecule has 1 heterocycles. The molecular weight excluding hydrogens is 238 g/mol. The molecule has 5 heteroatoms. The molecule has 0 bridgehead atoms. The van der Waals surface area contributed by atoms with Gasteiger partial charge in [-0.15, -0.1) is 0 Å². The van der Waals surface area contributed by atoms with Crippen LogP contribution in [0.4, 0.5) is 0 Å². The molecule has 0 unspecified atom stereocenters. The Bertz CT molecular complexity index is 265. The molecule has 0 aliphatic carbocycles. The lowest BCUT2D eigenvalue weighted by Gasteiger charge is -2.21. The summed E-state index contributed by atoms with van der Waals surface area (Å²) < 4.78 is 0. The maximum absolute atomic E-state index is 4.24. The van der Waals surface area contributed by atoms with Gasteiger partial charge in [0.1, 0.15) is 0 Å². The Hall–Kier alpha value is -0.810. The highest BCUT2D eigenvalue weighted by molar-refractivity contribution is 5.79. The highest BCUT2D eigenvalue weighted by Gasteiger charge is 2.11. The molecule has 0 saturated carbocycles. The van der Waals surface area contributed by atoms with Gasteiger partial charge in [0.2, 0.25) is 0 Å². The molecule has 1 rings (SSSR count). The van der Waals surface area contributed by atoms with Crippen LogP contribution in [-0.4, -0.2) is 75.7 Å². The van der Waals surface area contributed by atoms with Crippen molar-refractivity contribution in [2.24, 2.45) is 10.9 Å². The first kappa shape index (κ1) is 16.2. The fourth-order valence-corrected chi connectivity index (χ4v) is 2.18. The van der Waals surface area contributed by atoms with E-state index in [0.29, 0.717) is 5.92 Å². The van der Waals surface area contributed by atoms with Crippen molar-refractivity contribution < 1.29 is 0 Å². The third-order valence-electron chi connectivity index (χ3n) is 3.43. The molecule has 0 radical (unpaired) electrons. The Morgan fingerprint density at radius 3 is 2.63 bits per heavy atom. The van der Waals surface area contributed by atoms with Gasteiger partial charge in [-0.05, 0) is 32.5 Å². The Kier molecular flexibility index (Phi) is 7.82.